The topological polar surface area (TPSA) is 109 Å². The number of pyridine rings is 1. The lowest BCUT2D eigenvalue weighted by atomic mass is 9.96. The summed E-state index contributed by atoms with van der Waals surface area (Å²) < 4.78 is 38.3. The van der Waals surface area contributed by atoms with E-state index in [-0.39, 0.29) is 23.5 Å². The van der Waals surface area contributed by atoms with E-state index >= 15 is 0 Å². The average molecular weight is 483 g/mol. The summed E-state index contributed by atoms with van der Waals surface area (Å²) in [6, 6.07) is 3.39. The van der Waals surface area contributed by atoms with Crippen LogP contribution >= 0.6 is 0 Å². The minimum absolute atomic E-state index is 0.178. The Morgan fingerprint density at radius 3 is 2.83 bits per heavy atom. The van der Waals surface area contributed by atoms with Crippen LogP contribution in [0.5, 0.6) is 0 Å². The highest BCUT2D eigenvalue weighted by molar-refractivity contribution is 6.54. The van der Waals surface area contributed by atoms with E-state index in [1.807, 2.05) is 0 Å². The number of likely N-dealkylation sites (tertiary alicyclic amines) is 1. The Bertz CT molecular complexity index is 1170. The molecular formula is C23H25BF3N7O. The zero-order valence-corrected chi connectivity index (χ0v) is 19.2. The van der Waals surface area contributed by atoms with E-state index < -0.39 is 11.9 Å². The molecule has 4 rings (SSSR count). The number of aliphatic imine (C=N–C) groups is 1. The van der Waals surface area contributed by atoms with Crippen LogP contribution in [0.3, 0.4) is 0 Å². The lowest BCUT2D eigenvalue weighted by Crippen LogP contribution is -2.47. The predicted octanol–water partition coefficient (Wildman–Crippen LogP) is 3.07. The molecule has 2 aromatic heterocycles. The molecule has 2 aromatic rings. The highest BCUT2D eigenvalue weighted by atomic mass is 19.4. The first-order chi connectivity index (χ1) is 16.7. The highest BCUT2D eigenvalue weighted by Gasteiger charge is 2.48. The first kappa shape index (κ1) is 24.4. The zero-order valence-electron chi connectivity index (χ0n) is 19.2. The van der Waals surface area contributed by atoms with Crippen LogP contribution in [0.4, 0.5) is 19.0 Å². The minimum Gasteiger partial charge on any atom is -0.405 e. The number of carbonyl (C=O) groups is 1. The van der Waals surface area contributed by atoms with E-state index in [1.165, 1.54) is 12.4 Å². The number of fused-ring (bicyclic) bond motifs is 1. The van der Waals surface area contributed by atoms with E-state index in [4.69, 9.17) is 5.73 Å². The molecule has 0 bridgehead atoms. The monoisotopic (exact) mass is 483 g/mol. The van der Waals surface area contributed by atoms with Gasteiger partial charge in [0.05, 0.1) is 18.1 Å². The Labute approximate surface area is 201 Å². The molecule has 2 aliphatic rings. The van der Waals surface area contributed by atoms with Gasteiger partial charge in [-0.15, -0.1) is 0 Å². The van der Waals surface area contributed by atoms with Crippen LogP contribution in [0.15, 0.2) is 48.4 Å². The summed E-state index contributed by atoms with van der Waals surface area (Å²) >= 11 is 0. The van der Waals surface area contributed by atoms with Gasteiger partial charge in [-0.1, -0.05) is 18.2 Å². The van der Waals surface area contributed by atoms with Crippen molar-refractivity contribution in [3.8, 4) is 0 Å². The zero-order chi connectivity index (χ0) is 25.2. The van der Waals surface area contributed by atoms with Gasteiger partial charge < -0.3 is 16.0 Å². The molecule has 0 radical (unpaired) electrons. The molecule has 8 nitrogen and oxygen atoms in total. The lowest BCUT2D eigenvalue weighted by molar-refractivity contribution is -0.141. The number of piperidine rings is 1. The van der Waals surface area contributed by atoms with Gasteiger partial charge in [-0.2, -0.15) is 13.2 Å². The summed E-state index contributed by atoms with van der Waals surface area (Å²) in [6.45, 7) is 6.69. The number of aromatic nitrogens is 3. The second-order valence-electron chi connectivity index (χ2n) is 8.73. The Morgan fingerprint density at radius 1 is 1.34 bits per heavy atom. The third kappa shape index (κ3) is 5.69. The molecule has 12 heteroatoms. The van der Waals surface area contributed by atoms with Crippen LogP contribution in [0.2, 0.25) is 11.6 Å². The molecule has 1 amide bonds. The number of hydrogen-bond donors (Lipinski definition) is 2. The maximum Gasteiger partial charge on any atom is 0.434 e. The summed E-state index contributed by atoms with van der Waals surface area (Å²) in [5.41, 5.74) is 6.15. The van der Waals surface area contributed by atoms with Crippen LogP contribution in [0.1, 0.15) is 33.9 Å². The third-order valence-electron chi connectivity index (χ3n) is 6.21. The molecule has 3 N–H and O–H groups in total. The van der Waals surface area contributed by atoms with Crippen LogP contribution in [-0.2, 0) is 6.18 Å². The minimum atomic E-state index is -4.55. The first-order valence-electron chi connectivity index (χ1n) is 11.2. The maximum atomic E-state index is 13.7. The van der Waals surface area contributed by atoms with Crippen LogP contribution < -0.4 is 11.1 Å². The standard InChI is InChI=1S/C23H25BF3N7O/c1-13-4-5-16(14(2)29-7-3-6-28)21(33-13)22(35)34-12-18-17(24-18)8-15(34)9-31-20-11-30-19(10-32-20)23(25,26)27/h3-7,10-11,15,17-18,24H,2,8-9,12,28H2,1H3,(H,31,32)/b6-3-,29-7-/t15-,17+,18-/m0/s1. The van der Waals surface area contributed by atoms with Crippen LogP contribution in [-0.4, -0.2) is 58.4 Å². The van der Waals surface area contributed by atoms with E-state index in [2.05, 4.69) is 31.8 Å². The van der Waals surface area contributed by atoms with Gasteiger partial charge >= 0.3 is 6.18 Å². The quantitative estimate of drug-likeness (QED) is 0.463. The van der Waals surface area contributed by atoms with Gasteiger partial charge in [-0.05, 0) is 37.8 Å². The molecule has 3 atom stereocenters. The van der Waals surface area contributed by atoms with E-state index in [0.717, 1.165) is 19.9 Å². The van der Waals surface area contributed by atoms with Crippen molar-refractivity contribution in [3.05, 3.63) is 66.0 Å². The van der Waals surface area contributed by atoms with E-state index in [0.29, 0.717) is 47.9 Å². The second-order valence-corrected chi connectivity index (χ2v) is 8.73. The van der Waals surface area contributed by atoms with Crippen molar-refractivity contribution >= 4 is 30.9 Å². The number of nitrogens with zero attached hydrogens (tertiary/aromatic N) is 5. The lowest BCUT2D eigenvalue weighted by Gasteiger charge is -2.36. The molecule has 0 aliphatic carbocycles. The summed E-state index contributed by atoms with van der Waals surface area (Å²) in [4.78, 5) is 31.5. The summed E-state index contributed by atoms with van der Waals surface area (Å²) in [6.07, 6.45) is 2.37. The first-order valence-corrected chi connectivity index (χ1v) is 11.2. The Hall–Kier alpha value is -3.70. The second kappa shape index (κ2) is 9.89. The van der Waals surface area contributed by atoms with Crippen molar-refractivity contribution in [2.75, 3.05) is 18.4 Å². The van der Waals surface area contributed by atoms with Gasteiger partial charge in [-0.3, -0.25) is 9.79 Å². The molecule has 0 unspecified atom stereocenters. The fourth-order valence-electron chi connectivity index (χ4n) is 4.27. The van der Waals surface area contributed by atoms with Gasteiger partial charge in [0.1, 0.15) is 18.8 Å². The molecule has 2 aliphatic heterocycles. The number of hydrogen-bond acceptors (Lipinski definition) is 7. The Kier molecular flexibility index (Phi) is 6.90. The van der Waals surface area contributed by atoms with Crippen molar-refractivity contribution < 1.29 is 18.0 Å². The molecule has 0 aromatic carbocycles. The molecule has 0 spiro atoms. The van der Waals surface area contributed by atoms with Crippen LogP contribution in [0.25, 0.3) is 5.70 Å². The molecule has 2 saturated heterocycles. The maximum absolute atomic E-state index is 13.7. The smallest absolute Gasteiger partial charge is 0.405 e. The number of allylic oxidation sites excluding steroid dienone is 1. The van der Waals surface area contributed by atoms with Crippen molar-refractivity contribution in [2.45, 2.75) is 37.2 Å². The number of carbonyl (C=O) groups excluding carboxylic acids is 1. The number of nitrogens with two attached hydrogens (primary N) is 1. The summed E-state index contributed by atoms with van der Waals surface area (Å²) in [7, 11) is 1.05. The van der Waals surface area contributed by atoms with Gasteiger partial charge in [0, 0.05) is 36.6 Å². The number of amides is 1. The average Bonchev–Trinajstić information content (AvgIpc) is 3.60. The number of rotatable bonds is 7. The molecule has 35 heavy (non-hydrogen) atoms. The number of nitrogens with one attached hydrogen (secondary N) is 1. The van der Waals surface area contributed by atoms with Gasteiger partial charge in [0.15, 0.2) is 5.69 Å². The molecule has 0 saturated carbocycles. The largest absolute Gasteiger partial charge is 0.434 e. The third-order valence-corrected chi connectivity index (χ3v) is 6.21. The fourth-order valence-corrected chi connectivity index (χ4v) is 4.27. The highest BCUT2D eigenvalue weighted by Crippen LogP contribution is 2.50. The molecular weight excluding hydrogens is 458 g/mol. The Morgan fingerprint density at radius 2 is 2.14 bits per heavy atom. The van der Waals surface area contributed by atoms with Crippen molar-refractivity contribution in [1.29, 1.82) is 0 Å². The van der Waals surface area contributed by atoms with Crippen LogP contribution in [0, 0.1) is 6.92 Å². The fraction of sp³-hybridized carbons (Fsp3) is 0.348. The molecule has 4 heterocycles. The number of aryl methyl sites for hydroxylation is 1. The Balaban J connectivity index is 1.53. The molecule has 2 fully saturated rings. The van der Waals surface area contributed by atoms with Gasteiger partial charge in [-0.25, -0.2) is 15.0 Å². The van der Waals surface area contributed by atoms with Crippen molar-refractivity contribution in [1.82, 2.24) is 19.9 Å². The number of alkyl halides is 3. The SMILES string of the molecule is C=C(/N=C\C=C/N)c1ccc(C)nc1C(=O)N1C[C@@H]2B[C@@H]2C[C@H]1CNc1cnc(C(F)(F)F)cn1. The summed E-state index contributed by atoms with van der Waals surface area (Å²) in [5.74, 6) is 0.973. The van der Waals surface area contributed by atoms with E-state index in [9.17, 15) is 18.0 Å². The van der Waals surface area contributed by atoms with Crippen molar-refractivity contribution in [3.63, 3.8) is 0 Å². The van der Waals surface area contributed by atoms with Gasteiger partial charge in [0.2, 0.25) is 0 Å². The van der Waals surface area contributed by atoms with Gasteiger partial charge in [0.25, 0.3) is 5.91 Å². The predicted molar refractivity (Wildman–Crippen MR) is 129 cm³/mol. The normalized spacial score (nSPS) is 21.6. The van der Waals surface area contributed by atoms with Crippen molar-refractivity contribution in [2.24, 2.45) is 10.7 Å². The molecule has 182 valence electrons. The van der Waals surface area contributed by atoms with E-state index in [1.54, 1.807) is 30.0 Å². The number of halogens is 3. The number of anilines is 1. The summed E-state index contributed by atoms with van der Waals surface area (Å²) in [5, 5.41) is 3.04.